The van der Waals surface area contributed by atoms with Crippen molar-refractivity contribution >= 4 is 15.9 Å². The molecule has 1 aromatic rings. The first-order chi connectivity index (χ1) is 8.17. The van der Waals surface area contributed by atoms with E-state index in [0.29, 0.717) is 6.61 Å². The van der Waals surface area contributed by atoms with Gasteiger partial charge in [0.2, 0.25) is 0 Å². The summed E-state index contributed by atoms with van der Waals surface area (Å²) in [5.41, 5.74) is 2.47. The van der Waals surface area contributed by atoms with Gasteiger partial charge in [-0.05, 0) is 26.3 Å². The Bertz CT molecular complexity index is 328. The molecule has 0 aromatic heterocycles. The Hall–Kier alpha value is -0.380. The highest BCUT2D eigenvalue weighted by Gasteiger charge is 2.14. The van der Waals surface area contributed by atoms with Crippen molar-refractivity contribution in [2.45, 2.75) is 33.0 Å². The van der Waals surface area contributed by atoms with Crippen LogP contribution in [0.5, 0.6) is 0 Å². The van der Waals surface area contributed by atoms with Crippen LogP contribution in [0.2, 0.25) is 0 Å². The Morgan fingerprint density at radius 1 is 1.35 bits per heavy atom. The summed E-state index contributed by atoms with van der Waals surface area (Å²) >= 11 is 3.51. The van der Waals surface area contributed by atoms with Gasteiger partial charge in [0.25, 0.3) is 0 Å². The molecule has 0 saturated heterocycles. The largest absolute Gasteiger partial charge is 0.379 e. The van der Waals surface area contributed by atoms with Crippen molar-refractivity contribution in [1.82, 2.24) is 0 Å². The van der Waals surface area contributed by atoms with Crippen LogP contribution in [-0.2, 0) is 9.47 Å². The van der Waals surface area contributed by atoms with Crippen LogP contribution < -0.4 is 0 Å². The standard InChI is InChI=1S/C14H21BrO2/c1-4-16-10-12(3)17-14(9-15)13-7-5-6-11(2)8-13/h5-8,12,14H,4,9-10H2,1-3H3. The maximum atomic E-state index is 5.97. The van der Waals surface area contributed by atoms with E-state index in [-0.39, 0.29) is 12.2 Å². The Balaban J connectivity index is 2.59. The third-order valence-electron chi connectivity index (χ3n) is 2.51. The normalized spacial score (nSPS) is 14.6. The van der Waals surface area contributed by atoms with Crippen molar-refractivity contribution in [2.24, 2.45) is 0 Å². The second-order valence-electron chi connectivity index (χ2n) is 4.16. The van der Waals surface area contributed by atoms with Gasteiger partial charge >= 0.3 is 0 Å². The number of hydrogen-bond donors (Lipinski definition) is 0. The molecule has 1 aromatic carbocycles. The zero-order chi connectivity index (χ0) is 12.7. The lowest BCUT2D eigenvalue weighted by Gasteiger charge is -2.21. The van der Waals surface area contributed by atoms with Crippen molar-refractivity contribution < 1.29 is 9.47 Å². The maximum Gasteiger partial charge on any atom is 0.0926 e. The fraction of sp³-hybridized carbons (Fsp3) is 0.571. The molecule has 96 valence electrons. The van der Waals surface area contributed by atoms with E-state index >= 15 is 0 Å². The summed E-state index contributed by atoms with van der Waals surface area (Å²) in [6, 6.07) is 8.43. The molecule has 0 aliphatic carbocycles. The summed E-state index contributed by atoms with van der Waals surface area (Å²) in [5.74, 6) is 0. The summed E-state index contributed by atoms with van der Waals surface area (Å²) < 4.78 is 11.3. The smallest absolute Gasteiger partial charge is 0.0926 e. The first kappa shape index (κ1) is 14.7. The number of alkyl halides is 1. The van der Waals surface area contributed by atoms with E-state index < -0.39 is 0 Å². The summed E-state index contributed by atoms with van der Waals surface area (Å²) in [4.78, 5) is 0. The Morgan fingerprint density at radius 3 is 2.71 bits per heavy atom. The number of rotatable bonds is 7. The molecule has 0 amide bonds. The predicted octanol–water partition coefficient (Wildman–Crippen LogP) is 3.87. The maximum absolute atomic E-state index is 5.97. The molecule has 0 aliphatic rings. The minimum Gasteiger partial charge on any atom is -0.379 e. The first-order valence-corrected chi connectivity index (χ1v) is 7.15. The van der Waals surface area contributed by atoms with E-state index in [1.54, 1.807) is 0 Å². The van der Waals surface area contributed by atoms with Crippen LogP contribution in [0.25, 0.3) is 0 Å². The van der Waals surface area contributed by atoms with Gasteiger partial charge in [0, 0.05) is 11.9 Å². The van der Waals surface area contributed by atoms with Gasteiger partial charge in [0.15, 0.2) is 0 Å². The molecule has 17 heavy (non-hydrogen) atoms. The lowest BCUT2D eigenvalue weighted by Crippen LogP contribution is -2.20. The number of benzene rings is 1. The van der Waals surface area contributed by atoms with Crippen LogP contribution in [0, 0.1) is 6.92 Å². The van der Waals surface area contributed by atoms with Crippen molar-refractivity contribution in [3.63, 3.8) is 0 Å². The zero-order valence-electron chi connectivity index (χ0n) is 10.8. The summed E-state index contributed by atoms with van der Waals surface area (Å²) in [5, 5.41) is 0.799. The second kappa shape index (κ2) is 7.85. The minimum atomic E-state index is 0.0883. The van der Waals surface area contributed by atoms with Crippen molar-refractivity contribution in [3.8, 4) is 0 Å². The predicted molar refractivity (Wildman–Crippen MR) is 74.8 cm³/mol. The van der Waals surface area contributed by atoms with Crippen molar-refractivity contribution in [3.05, 3.63) is 35.4 Å². The van der Waals surface area contributed by atoms with Gasteiger partial charge < -0.3 is 9.47 Å². The highest BCUT2D eigenvalue weighted by Crippen LogP contribution is 2.22. The molecule has 0 heterocycles. The van der Waals surface area contributed by atoms with E-state index in [2.05, 4.69) is 47.1 Å². The average Bonchev–Trinajstić information content (AvgIpc) is 2.33. The molecular formula is C14H21BrO2. The topological polar surface area (TPSA) is 18.5 Å². The van der Waals surface area contributed by atoms with Crippen LogP contribution in [-0.4, -0.2) is 24.6 Å². The van der Waals surface area contributed by atoms with Gasteiger partial charge in [0.05, 0.1) is 18.8 Å². The molecule has 2 nitrogen and oxygen atoms in total. The Kier molecular flexibility index (Phi) is 6.78. The lowest BCUT2D eigenvalue weighted by molar-refractivity contribution is -0.0383. The highest BCUT2D eigenvalue weighted by atomic mass is 79.9. The molecule has 0 fully saturated rings. The minimum absolute atomic E-state index is 0.0883. The fourth-order valence-electron chi connectivity index (χ4n) is 1.68. The molecule has 2 atom stereocenters. The lowest BCUT2D eigenvalue weighted by atomic mass is 10.1. The second-order valence-corrected chi connectivity index (χ2v) is 4.81. The molecule has 0 aliphatic heterocycles. The van der Waals surface area contributed by atoms with Crippen LogP contribution in [0.1, 0.15) is 31.1 Å². The van der Waals surface area contributed by atoms with E-state index in [9.17, 15) is 0 Å². The Labute approximate surface area is 112 Å². The number of aryl methyl sites for hydroxylation is 1. The zero-order valence-corrected chi connectivity index (χ0v) is 12.4. The third-order valence-corrected chi connectivity index (χ3v) is 3.10. The quantitative estimate of drug-likeness (QED) is 0.712. The van der Waals surface area contributed by atoms with Gasteiger partial charge in [-0.3, -0.25) is 0 Å². The molecular weight excluding hydrogens is 280 g/mol. The van der Waals surface area contributed by atoms with E-state index in [0.717, 1.165) is 11.9 Å². The molecule has 0 bridgehead atoms. The number of ether oxygens (including phenoxy) is 2. The van der Waals surface area contributed by atoms with E-state index in [4.69, 9.17) is 9.47 Å². The fourth-order valence-corrected chi connectivity index (χ4v) is 2.20. The highest BCUT2D eigenvalue weighted by molar-refractivity contribution is 9.09. The van der Waals surface area contributed by atoms with Crippen molar-refractivity contribution in [1.29, 1.82) is 0 Å². The van der Waals surface area contributed by atoms with Crippen molar-refractivity contribution in [2.75, 3.05) is 18.5 Å². The van der Waals surface area contributed by atoms with Gasteiger partial charge in [-0.15, -0.1) is 0 Å². The number of hydrogen-bond acceptors (Lipinski definition) is 2. The summed E-state index contributed by atoms with van der Waals surface area (Å²) in [7, 11) is 0. The van der Waals surface area contributed by atoms with Gasteiger partial charge in [0.1, 0.15) is 0 Å². The number of halogens is 1. The van der Waals surface area contributed by atoms with Crippen LogP contribution in [0.3, 0.4) is 0 Å². The third kappa shape index (κ3) is 5.19. The van der Waals surface area contributed by atoms with Crippen LogP contribution in [0.15, 0.2) is 24.3 Å². The van der Waals surface area contributed by atoms with Gasteiger partial charge in [-0.1, -0.05) is 45.8 Å². The molecule has 2 unspecified atom stereocenters. The summed E-state index contributed by atoms with van der Waals surface area (Å²) in [6.07, 6.45) is 0.198. The summed E-state index contributed by atoms with van der Waals surface area (Å²) in [6.45, 7) is 7.51. The molecule has 0 N–H and O–H groups in total. The monoisotopic (exact) mass is 300 g/mol. The van der Waals surface area contributed by atoms with Crippen LogP contribution >= 0.6 is 15.9 Å². The van der Waals surface area contributed by atoms with E-state index in [1.807, 2.05) is 13.8 Å². The molecule has 3 heteroatoms. The van der Waals surface area contributed by atoms with Gasteiger partial charge in [-0.2, -0.15) is 0 Å². The Morgan fingerprint density at radius 2 is 2.12 bits per heavy atom. The molecule has 0 saturated carbocycles. The first-order valence-electron chi connectivity index (χ1n) is 6.03. The SMILES string of the molecule is CCOCC(C)OC(CBr)c1cccc(C)c1. The molecule has 0 radical (unpaired) electrons. The molecule has 0 spiro atoms. The van der Waals surface area contributed by atoms with Crippen LogP contribution in [0.4, 0.5) is 0 Å². The van der Waals surface area contributed by atoms with Gasteiger partial charge in [-0.25, -0.2) is 0 Å². The van der Waals surface area contributed by atoms with E-state index in [1.165, 1.54) is 11.1 Å². The average molecular weight is 301 g/mol. The molecule has 1 rings (SSSR count).